The molecule has 0 saturated heterocycles. The lowest BCUT2D eigenvalue weighted by Gasteiger charge is -2.18. The van der Waals surface area contributed by atoms with E-state index in [9.17, 15) is 10.2 Å². The van der Waals surface area contributed by atoms with Crippen LogP contribution < -0.4 is 0 Å². The Bertz CT molecular complexity index is 171. The molecule has 2 nitrogen and oxygen atoms in total. The molecule has 4 unspecified atom stereocenters. The monoisotopic (exact) mass is 338 g/mol. The lowest BCUT2D eigenvalue weighted by Crippen LogP contribution is -2.15. The molecular weight excluding hydrogens is 319 g/mol. The Labute approximate surface area is 127 Å². The minimum absolute atomic E-state index is 0.288. The van der Waals surface area contributed by atoms with Crippen LogP contribution in [0.25, 0.3) is 0 Å². The van der Waals surface area contributed by atoms with Crippen molar-refractivity contribution in [2.45, 2.75) is 35.2 Å². The molecule has 0 spiro atoms. The van der Waals surface area contributed by atoms with Crippen LogP contribution in [0.1, 0.15) is 13.8 Å². The second-order valence-electron chi connectivity index (χ2n) is 3.55. The second kappa shape index (κ2) is 11.4. The van der Waals surface area contributed by atoms with Gasteiger partial charge in [0.15, 0.2) is 0 Å². The van der Waals surface area contributed by atoms with Crippen LogP contribution >= 0.6 is 58.5 Å². The van der Waals surface area contributed by atoms with Crippen LogP contribution in [0, 0.1) is 0 Å². The number of alkyl halides is 2. The van der Waals surface area contributed by atoms with E-state index in [1.165, 1.54) is 0 Å². The SMILES string of the molecule is CC(SCC(O)CCl)SC(C)SCC(O)CCl. The zero-order valence-corrected chi connectivity index (χ0v) is 14.0. The van der Waals surface area contributed by atoms with E-state index < -0.39 is 12.2 Å². The van der Waals surface area contributed by atoms with Crippen LogP contribution in [0.4, 0.5) is 0 Å². The first-order valence-electron chi connectivity index (χ1n) is 5.36. The average Bonchev–Trinajstić information content (AvgIpc) is 2.32. The number of hydrogen-bond donors (Lipinski definition) is 2. The first-order valence-corrected chi connectivity index (χ1v) is 9.47. The van der Waals surface area contributed by atoms with Gasteiger partial charge in [-0.05, 0) is 13.8 Å². The zero-order valence-electron chi connectivity index (χ0n) is 10.0. The van der Waals surface area contributed by atoms with Crippen LogP contribution in [0.3, 0.4) is 0 Å². The summed E-state index contributed by atoms with van der Waals surface area (Å²) >= 11 is 16.3. The van der Waals surface area contributed by atoms with Crippen molar-refractivity contribution in [1.29, 1.82) is 0 Å². The first-order chi connectivity index (χ1) is 7.99. The highest BCUT2D eigenvalue weighted by molar-refractivity contribution is 8.24. The van der Waals surface area contributed by atoms with Gasteiger partial charge in [-0.1, -0.05) is 0 Å². The van der Waals surface area contributed by atoms with Crippen molar-refractivity contribution in [3.63, 3.8) is 0 Å². The number of rotatable bonds is 10. The van der Waals surface area contributed by atoms with Crippen molar-refractivity contribution in [1.82, 2.24) is 0 Å². The van der Waals surface area contributed by atoms with Gasteiger partial charge in [0.1, 0.15) is 0 Å². The average molecular weight is 339 g/mol. The van der Waals surface area contributed by atoms with Gasteiger partial charge in [-0.2, -0.15) is 0 Å². The fourth-order valence-electron chi connectivity index (χ4n) is 0.931. The molecule has 0 amide bonds. The molecule has 0 aromatic carbocycles. The van der Waals surface area contributed by atoms with Gasteiger partial charge in [0.05, 0.1) is 12.2 Å². The molecule has 0 aliphatic carbocycles. The molecule has 2 N–H and O–H groups in total. The van der Waals surface area contributed by atoms with E-state index in [2.05, 4.69) is 13.8 Å². The van der Waals surface area contributed by atoms with Crippen LogP contribution in [0.15, 0.2) is 0 Å². The molecule has 0 radical (unpaired) electrons. The van der Waals surface area contributed by atoms with Crippen LogP contribution in [-0.2, 0) is 0 Å². The van der Waals surface area contributed by atoms with E-state index in [1.807, 2.05) is 11.8 Å². The second-order valence-corrected chi connectivity index (χ2v) is 9.20. The maximum absolute atomic E-state index is 9.33. The van der Waals surface area contributed by atoms with Crippen LogP contribution in [0.2, 0.25) is 0 Å². The minimum atomic E-state index is -0.425. The smallest absolute Gasteiger partial charge is 0.0766 e. The molecule has 0 heterocycles. The Balaban J connectivity index is 3.61. The Morgan fingerprint density at radius 3 is 1.53 bits per heavy atom. The lowest BCUT2D eigenvalue weighted by atomic mass is 10.5. The Hall–Kier alpha value is 1.55. The third-order valence-corrected chi connectivity index (χ3v) is 6.84. The predicted octanol–water partition coefficient (Wildman–Crippen LogP) is 3.08. The quantitative estimate of drug-likeness (QED) is 0.473. The molecule has 7 heteroatoms. The highest BCUT2D eigenvalue weighted by atomic mass is 35.5. The summed E-state index contributed by atoms with van der Waals surface area (Å²) in [6, 6.07) is 0. The van der Waals surface area contributed by atoms with Crippen molar-refractivity contribution in [3.8, 4) is 0 Å². The minimum Gasteiger partial charge on any atom is -0.391 e. The van der Waals surface area contributed by atoms with E-state index in [1.54, 1.807) is 23.5 Å². The Kier molecular flexibility index (Phi) is 12.4. The normalized spacial score (nSPS) is 18.7. The van der Waals surface area contributed by atoms with Gasteiger partial charge in [-0.15, -0.1) is 58.5 Å². The van der Waals surface area contributed by atoms with Gasteiger partial charge < -0.3 is 10.2 Å². The Morgan fingerprint density at radius 1 is 0.882 bits per heavy atom. The molecule has 4 atom stereocenters. The van der Waals surface area contributed by atoms with Crippen molar-refractivity contribution < 1.29 is 10.2 Å². The largest absolute Gasteiger partial charge is 0.391 e. The van der Waals surface area contributed by atoms with E-state index >= 15 is 0 Å². The molecule has 104 valence electrons. The van der Waals surface area contributed by atoms with Gasteiger partial charge >= 0.3 is 0 Å². The standard InChI is InChI=1S/C10H20Cl2O2S3/c1-7(15-5-9(13)3-11)17-8(2)16-6-10(14)4-12/h7-10,13-14H,3-6H2,1-2H3. The van der Waals surface area contributed by atoms with E-state index in [-0.39, 0.29) is 11.8 Å². The van der Waals surface area contributed by atoms with Crippen molar-refractivity contribution in [2.24, 2.45) is 0 Å². The number of aliphatic hydroxyl groups excluding tert-OH is 2. The van der Waals surface area contributed by atoms with Gasteiger partial charge in [0.25, 0.3) is 0 Å². The van der Waals surface area contributed by atoms with Crippen molar-refractivity contribution in [2.75, 3.05) is 23.3 Å². The molecule has 0 aliphatic rings. The molecule has 0 saturated carbocycles. The lowest BCUT2D eigenvalue weighted by molar-refractivity contribution is 0.223. The van der Waals surface area contributed by atoms with Gasteiger partial charge in [0.2, 0.25) is 0 Å². The summed E-state index contributed by atoms with van der Waals surface area (Å²) in [4.78, 5) is 0. The van der Waals surface area contributed by atoms with Crippen molar-refractivity contribution in [3.05, 3.63) is 0 Å². The summed E-state index contributed by atoms with van der Waals surface area (Å²) < 4.78 is 0.812. The Morgan fingerprint density at radius 2 is 1.24 bits per heavy atom. The van der Waals surface area contributed by atoms with Crippen LogP contribution in [-0.4, -0.2) is 54.9 Å². The summed E-state index contributed by atoms with van der Waals surface area (Å²) in [7, 11) is 0. The molecule has 0 aromatic heterocycles. The fourth-order valence-corrected chi connectivity index (χ4v) is 5.48. The predicted molar refractivity (Wildman–Crippen MR) is 84.9 cm³/mol. The maximum Gasteiger partial charge on any atom is 0.0766 e. The molecule has 0 rings (SSSR count). The fraction of sp³-hybridized carbons (Fsp3) is 1.00. The summed E-state index contributed by atoms with van der Waals surface area (Å²) in [5.74, 6) is 1.91. The highest BCUT2D eigenvalue weighted by Crippen LogP contribution is 2.33. The summed E-state index contributed by atoms with van der Waals surface area (Å²) in [6.07, 6.45) is -0.850. The molecule has 0 bridgehead atoms. The summed E-state index contributed by atoms with van der Waals surface area (Å²) in [5.41, 5.74) is 0. The van der Waals surface area contributed by atoms with Crippen LogP contribution in [0.5, 0.6) is 0 Å². The molecule has 0 fully saturated rings. The van der Waals surface area contributed by atoms with Gasteiger partial charge in [0, 0.05) is 32.4 Å². The van der Waals surface area contributed by atoms with E-state index in [0.29, 0.717) is 20.7 Å². The van der Waals surface area contributed by atoms with E-state index in [0.717, 1.165) is 0 Å². The maximum atomic E-state index is 9.33. The highest BCUT2D eigenvalue weighted by Gasteiger charge is 2.13. The molecule has 0 aromatic rings. The molecule has 0 aliphatic heterocycles. The molecule has 17 heavy (non-hydrogen) atoms. The van der Waals surface area contributed by atoms with Crippen molar-refractivity contribution >= 4 is 58.5 Å². The van der Waals surface area contributed by atoms with Gasteiger partial charge in [-0.3, -0.25) is 0 Å². The number of thioether (sulfide) groups is 3. The molecular formula is C10H20Cl2O2S3. The zero-order chi connectivity index (χ0) is 13.3. The summed E-state index contributed by atoms with van der Waals surface area (Å²) in [6.45, 7) is 4.23. The topological polar surface area (TPSA) is 40.5 Å². The van der Waals surface area contributed by atoms with E-state index in [4.69, 9.17) is 23.2 Å². The number of hydrogen-bond acceptors (Lipinski definition) is 5. The first kappa shape index (κ1) is 18.6. The number of aliphatic hydroxyl groups is 2. The third kappa shape index (κ3) is 11.1. The third-order valence-electron chi connectivity index (χ3n) is 1.79. The summed E-state index contributed by atoms with van der Waals surface area (Å²) in [5, 5.41) is 18.7. The number of halogens is 2. The van der Waals surface area contributed by atoms with Gasteiger partial charge in [-0.25, -0.2) is 0 Å².